The van der Waals surface area contributed by atoms with E-state index in [1.807, 2.05) is 7.05 Å². The van der Waals surface area contributed by atoms with Gasteiger partial charge in [-0.15, -0.1) is 0 Å². The Morgan fingerprint density at radius 1 is 1.56 bits per heavy atom. The van der Waals surface area contributed by atoms with Gasteiger partial charge in [-0.3, -0.25) is 4.79 Å². The zero-order valence-electron chi connectivity index (χ0n) is 9.63. The Kier molecular flexibility index (Phi) is 3.66. The van der Waals surface area contributed by atoms with E-state index in [0.717, 1.165) is 12.1 Å². The van der Waals surface area contributed by atoms with Gasteiger partial charge < -0.3 is 9.67 Å². The molecule has 0 aliphatic carbocycles. The molecule has 6 heteroatoms. The maximum atomic E-state index is 13.0. The van der Waals surface area contributed by atoms with Crippen molar-refractivity contribution < 1.29 is 14.3 Å². The molecule has 0 spiro atoms. The van der Waals surface area contributed by atoms with Crippen LogP contribution in [0.5, 0.6) is 5.75 Å². The van der Waals surface area contributed by atoms with Crippen molar-refractivity contribution in [3.05, 3.63) is 42.0 Å². The molecule has 0 fully saturated rings. The smallest absolute Gasteiger partial charge is 0.177 e. The fourth-order valence-electron chi connectivity index (χ4n) is 1.43. The van der Waals surface area contributed by atoms with Crippen LogP contribution in [0.4, 0.5) is 4.39 Å². The van der Waals surface area contributed by atoms with Crippen molar-refractivity contribution in [3.8, 4) is 5.75 Å². The van der Waals surface area contributed by atoms with E-state index in [4.69, 9.17) is 0 Å². The number of aromatic hydroxyl groups is 1. The molecule has 0 atom stereocenters. The molecule has 0 saturated carbocycles. The third-order valence-corrected chi connectivity index (χ3v) is 3.43. The number of rotatable bonds is 4. The number of aryl methyl sites for hydroxylation is 1. The molecule has 4 nitrogen and oxygen atoms in total. The first-order valence-corrected chi connectivity index (χ1v) is 6.18. The molecule has 0 aliphatic rings. The highest BCUT2D eigenvalue weighted by atomic mass is 32.2. The molecule has 1 aromatic heterocycles. The van der Waals surface area contributed by atoms with Crippen molar-refractivity contribution in [2.24, 2.45) is 7.05 Å². The van der Waals surface area contributed by atoms with Gasteiger partial charge in [-0.1, -0.05) is 11.8 Å². The molecule has 94 valence electrons. The molecular formula is C12H11FN2O2S. The number of carbonyl (C=O) groups is 1. The normalized spacial score (nSPS) is 10.6. The number of nitrogens with zero attached hydrogens (tertiary/aromatic N) is 2. The zero-order valence-corrected chi connectivity index (χ0v) is 10.4. The van der Waals surface area contributed by atoms with Crippen molar-refractivity contribution in [1.82, 2.24) is 9.55 Å². The number of thioether (sulfide) groups is 1. The van der Waals surface area contributed by atoms with Gasteiger partial charge in [-0.2, -0.15) is 0 Å². The number of halogens is 1. The Balaban J connectivity index is 2.08. The summed E-state index contributed by atoms with van der Waals surface area (Å²) in [6.07, 6.45) is 3.40. The summed E-state index contributed by atoms with van der Waals surface area (Å²) in [5.74, 6) is -0.984. The molecule has 0 saturated heterocycles. The van der Waals surface area contributed by atoms with E-state index in [1.54, 1.807) is 17.0 Å². The number of phenolic OH excluding ortho intramolecular Hbond substituents is 1. The van der Waals surface area contributed by atoms with Gasteiger partial charge in [0.2, 0.25) is 0 Å². The fourth-order valence-corrected chi connectivity index (χ4v) is 2.25. The second-order valence-corrected chi connectivity index (χ2v) is 4.64. The summed E-state index contributed by atoms with van der Waals surface area (Å²) in [6, 6.07) is 3.32. The molecule has 0 bridgehead atoms. The number of carbonyl (C=O) groups excluding carboxylic acids is 1. The lowest BCUT2D eigenvalue weighted by molar-refractivity contribution is 0.101. The third kappa shape index (κ3) is 2.70. The molecule has 1 N–H and O–H groups in total. The van der Waals surface area contributed by atoms with E-state index in [9.17, 15) is 14.3 Å². The van der Waals surface area contributed by atoms with Crippen LogP contribution in [0.25, 0.3) is 0 Å². The number of Topliss-reactive ketones (excluding diaryl/α,β-unsaturated/α-hetero) is 1. The Hall–Kier alpha value is -1.82. The maximum Gasteiger partial charge on any atom is 0.177 e. The van der Waals surface area contributed by atoms with E-state index in [2.05, 4.69) is 4.98 Å². The van der Waals surface area contributed by atoms with Crippen LogP contribution in [-0.4, -0.2) is 26.2 Å². The Labute approximate surface area is 107 Å². The van der Waals surface area contributed by atoms with Gasteiger partial charge in [0.05, 0.1) is 11.3 Å². The number of hydrogen-bond donors (Lipinski definition) is 1. The van der Waals surface area contributed by atoms with Gasteiger partial charge in [0.25, 0.3) is 0 Å². The minimum atomic E-state index is -0.543. The second-order valence-electron chi connectivity index (χ2n) is 3.69. The molecule has 0 radical (unpaired) electrons. The van der Waals surface area contributed by atoms with E-state index in [-0.39, 0.29) is 22.8 Å². The summed E-state index contributed by atoms with van der Waals surface area (Å²) in [7, 11) is 1.82. The molecule has 0 aliphatic heterocycles. The lowest BCUT2D eigenvalue weighted by atomic mass is 10.1. The predicted molar refractivity (Wildman–Crippen MR) is 66.3 cm³/mol. The van der Waals surface area contributed by atoms with Crippen LogP contribution in [0, 0.1) is 5.82 Å². The number of phenols is 1. The molecular weight excluding hydrogens is 255 g/mol. The molecule has 1 heterocycles. The van der Waals surface area contributed by atoms with Crippen LogP contribution in [0.1, 0.15) is 10.4 Å². The van der Waals surface area contributed by atoms with Gasteiger partial charge in [0.1, 0.15) is 11.6 Å². The largest absolute Gasteiger partial charge is 0.507 e. The van der Waals surface area contributed by atoms with Gasteiger partial charge in [-0.25, -0.2) is 9.37 Å². The van der Waals surface area contributed by atoms with Crippen molar-refractivity contribution in [3.63, 3.8) is 0 Å². The molecule has 2 rings (SSSR count). The SMILES string of the molecule is Cn1ccnc1SCC(=O)c1cc(F)ccc1O. The van der Waals surface area contributed by atoms with E-state index in [0.29, 0.717) is 5.16 Å². The first-order valence-electron chi connectivity index (χ1n) is 5.20. The minimum absolute atomic E-state index is 0.00305. The standard InChI is InChI=1S/C12H11FN2O2S/c1-15-5-4-14-12(15)18-7-11(17)9-6-8(13)2-3-10(9)16/h2-6,16H,7H2,1H3. The number of hydrogen-bond acceptors (Lipinski definition) is 4. The average molecular weight is 266 g/mol. The van der Waals surface area contributed by atoms with Gasteiger partial charge in [0, 0.05) is 19.4 Å². The number of aromatic nitrogens is 2. The lowest BCUT2D eigenvalue weighted by Gasteiger charge is -2.04. The predicted octanol–water partition coefficient (Wildman–Crippen LogP) is 2.24. The summed E-state index contributed by atoms with van der Waals surface area (Å²) in [6.45, 7) is 0. The quantitative estimate of drug-likeness (QED) is 0.681. The van der Waals surface area contributed by atoms with Gasteiger partial charge in [0.15, 0.2) is 10.9 Å². The van der Waals surface area contributed by atoms with Crippen LogP contribution in [0.3, 0.4) is 0 Å². The Morgan fingerprint density at radius 2 is 2.33 bits per heavy atom. The first-order chi connectivity index (χ1) is 8.58. The molecule has 0 unspecified atom stereocenters. The third-order valence-electron chi connectivity index (χ3n) is 2.37. The highest BCUT2D eigenvalue weighted by molar-refractivity contribution is 7.99. The summed E-state index contributed by atoms with van der Waals surface area (Å²) in [5, 5.41) is 10.2. The number of benzene rings is 1. The zero-order chi connectivity index (χ0) is 13.1. The highest BCUT2D eigenvalue weighted by Crippen LogP contribution is 2.22. The second kappa shape index (κ2) is 5.22. The van der Waals surface area contributed by atoms with Crippen LogP contribution in [0.15, 0.2) is 35.7 Å². The summed E-state index contributed by atoms with van der Waals surface area (Å²) < 4.78 is 14.8. The van der Waals surface area contributed by atoms with Crippen molar-refractivity contribution >= 4 is 17.5 Å². The van der Waals surface area contributed by atoms with Crippen molar-refractivity contribution in [2.45, 2.75) is 5.16 Å². The minimum Gasteiger partial charge on any atom is -0.507 e. The highest BCUT2D eigenvalue weighted by Gasteiger charge is 2.13. The van der Waals surface area contributed by atoms with E-state index in [1.165, 1.54) is 17.8 Å². The fraction of sp³-hybridized carbons (Fsp3) is 0.167. The van der Waals surface area contributed by atoms with Gasteiger partial charge >= 0.3 is 0 Å². The Bertz CT molecular complexity index is 583. The molecule has 18 heavy (non-hydrogen) atoms. The number of imidazole rings is 1. The monoisotopic (exact) mass is 266 g/mol. The molecule has 0 amide bonds. The molecule has 2 aromatic rings. The van der Waals surface area contributed by atoms with Gasteiger partial charge in [-0.05, 0) is 18.2 Å². The lowest BCUT2D eigenvalue weighted by Crippen LogP contribution is -2.04. The van der Waals surface area contributed by atoms with E-state index >= 15 is 0 Å². The van der Waals surface area contributed by atoms with Crippen LogP contribution in [0.2, 0.25) is 0 Å². The topological polar surface area (TPSA) is 55.1 Å². The van der Waals surface area contributed by atoms with Crippen molar-refractivity contribution in [2.75, 3.05) is 5.75 Å². The van der Waals surface area contributed by atoms with Crippen molar-refractivity contribution in [1.29, 1.82) is 0 Å². The molecule has 1 aromatic carbocycles. The van der Waals surface area contributed by atoms with E-state index < -0.39 is 5.82 Å². The first kappa shape index (κ1) is 12.6. The summed E-state index contributed by atoms with van der Waals surface area (Å²) in [4.78, 5) is 15.9. The van der Waals surface area contributed by atoms with Crippen LogP contribution >= 0.6 is 11.8 Å². The average Bonchev–Trinajstić information content (AvgIpc) is 2.75. The van der Waals surface area contributed by atoms with Crippen LogP contribution < -0.4 is 0 Å². The number of ketones is 1. The maximum absolute atomic E-state index is 13.0. The summed E-state index contributed by atoms with van der Waals surface area (Å²) >= 11 is 1.24. The Morgan fingerprint density at radius 3 is 3.00 bits per heavy atom. The van der Waals surface area contributed by atoms with Crippen LogP contribution in [-0.2, 0) is 7.05 Å². The summed E-state index contributed by atoms with van der Waals surface area (Å²) in [5.41, 5.74) is -0.00305.